The number of hydrogen-bond acceptors (Lipinski definition) is 5. The molecule has 0 fully saturated rings. The third-order valence-corrected chi connectivity index (χ3v) is 6.54. The third-order valence-electron chi connectivity index (χ3n) is 6.54. The molecule has 1 heterocycles. The summed E-state index contributed by atoms with van der Waals surface area (Å²) in [5, 5.41) is 19.2. The lowest BCUT2D eigenvalue weighted by Gasteiger charge is -2.25. The van der Waals surface area contributed by atoms with Crippen molar-refractivity contribution in [2.75, 3.05) is 11.9 Å². The van der Waals surface area contributed by atoms with Crippen LogP contribution in [0.4, 0.5) is 23.2 Å². The second-order valence-corrected chi connectivity index (χ2v) is 10.2. The molecule has 1 unspecified atom stereocenters. The predicted molar refractivity (Wildman–Crippen MR) is 142 cm³/mol. The topological polar surface area (TPSA) is 137 Å². The van der Waals surface area contributed by atoms with E-state index in [-0.39, 0.29) is 18.9 Å². The maximum absolute atomic E-state index is 14.2. The molecule has 0 aliphatic carbocycles. The van der Waals surface area contributed by atoms with Gasteiger partial charge in [-0.05, 0) is 42.5 Å². The van der Waals surface area contributed by atoms with Gasteiger partial charge in [-0.2, -0.15) is 0 Å². The monoisotopic (exact) mass is 580 g/mol. The van der Waals surface area contributed by atoms with E-state index in [0.29, 0.717) is 18.6 Å². The van der Waals surface area contributed by atoms with Gasteiger partial charge in [-0.1, -0.05) is 32.0 Å². The summed E-state index contributed by atoms with van der Waals surface area (Å²) in [5.74, 6) is -6.17. The Kier molecular flexibility index (Phi) is 10.7. The summed E-state index contributed by atoms with van der Waals surface area (Å²) >= 11 is 0. The van der Waals surface area contributed by atoms with Gasteiger partial charge in [-0.3, -0.25) is 14.4 Å². The summed E-state index contributed by atoms with van der Waals surface area (Å²) in [7, 11) is 0. The number of carboxylic acid groups (broad SMARTS) is 1. The lowest BCUT2D eigenvalue weighted by Crippen LogP contribution is -2.56. The zero-order valence-corrected chi connectivity index (χ0v) is 22.5. The van der Waals surface area contributed by atoms with Crippen molar-refractivity contribution < 1.29 is 41.8 Å². The predicted octanol–water partition coefficient (Wildman–Crippen LogP) is 3.03. The lowest BCUT2D eigenvalue weighted by atomic mass is 10.0. The summed E-state index contributed by atoms with van der Waals surface area (Å²) in [5.41, 5.74) is 0.642. The van der Waals surface area contributed by atoms with Crippen LogP contribution in [-0.4, -0.2) is 59.9 Å². The largest absolute Gasteiger partial charge is 0.478 e. The Balaban J connectivity index is 1.63. The first-order valence-electron chi connectivity index (χ1n) is 13.1. The number of amides is 3. The Bertz CT molecular complexity index is 1240. The number of rotatable bonds is 13. The summed E-state index contributed by atoms with van der Waals surface area (Å²) < 4.78 is 54.9. The van der Waals surface area contributed by atoms with Crippen molar-refractivity contribution in [2.45, 2.75) is 64.1 Å². The van der Waals surface area contributed by atoms with Gasteiger partial charge in [0.15, 0.2) is 0 Å². The molecule has 41 heavy (non-hydrogen) atoms. The van der Waals surface area contributed by atoms with E-state index in [0.717, 1.165) is 11.3 Å². The van der Waals surface area contributed by atoms with Crippen LogP contribution in [0.3, 0.4) is 0 Å². The standard InChI is InChI=1S/C28H32F4N4O5/c1-14(2)9-21(35-27(39)22-12-15-5-3-4-6-20(15)34-22)26(38)36-23(13-24(31)32)25(37)33-8-7-17-18(29)10-16(28(40)41)11-19(17)30/h3-6,10-11,14,21-24,34H,7-9,12-13H2,1-2H3,(H,33,37)(H,35,39)(H,36,38)(H,40,41)/t21-,22?,23-/m0/s1. The molecule has 0 radical (unpaired) electrons. The zero-order chi connectivity index (χ0) is 30.3. The molecule has 0 saturated carbocycles. The van der Waals surface area contributed by atoms with Crippen molar-refractivity contribution in [1.29, 1.82) is 0 Å². The number of para-hydroxylation sites is 1. The van der Waals surface area contributed by atoms with Crippen molar-refractivity contribution in [2.24, 2.45) is 5.92 Å². The number of halogens is 4. The quantitative estimate of drug-likeness (QED) is 0.231. The molecule has 2 aromatic carbocycles. The first-order valence-corrected chi connectivity index (χ1v) is 13.1. The summed E-state index contributed by atoms with van der Waals surface area (Å²) in [6, 6.07) is 5.17. The first kappa shape index (κ1) is 31.4. The highest BCUT2D eigenvalue weighted by Gasteiger charge is 2.32. The molecule has 0 bridgehead atoms. The average molecular weight is 581 g/mol. The van der Waals surface area contributed by atoms with Gasteiger partial charge in [0.05, 0.1) is 5.56 Å². The van der Waals surface area contributed by atoms with Crippen LogP contribution in [0.1, 0.15) is 48.2 Å². The molecule has 9 nitrogen and oxygen atoms in total. The minimum Gasteiger partial charge on any atom is -0.478 e. The number of carbonyl (C=O) groups excluding carboxylic acids is 3. The Hall–Kier alpha value is -4.16. The van der Waals surface area contributed by atoms with Crippen LogP contribution < -0.4 is 21.3 Å². The molecule has 1 aliphatic rings. The number of alkyl halides is 2. The molecule has 0 aromatic heterocycles. The molecule has 222 valence electrons. The van der Waals surface area contributed by atoms with Crippen LogP contribution in [0, 0.1) is 17.6 Å². The summed E-state index contributed by atoms with van der Waals surface area (Å²) in [6.07, 6.45) is -3.83. The molecule has 1 aliphatic heterocycles. The SMILES string of the molecule is CC(C)C[C@H](NC(=O)C1Cc2ccccc2N1)C(=O)N[C@@H](CC(F)F)C(=O)NCCc1c(F)cc(C(=O)O)cc1F. The minimum atomic E-state index is -2.97. The van der Waals surface area contributed by atoms with Crippen LogP contribution in [0.2, 0.25) is 0 Å². The Morgan fingerprint density at radius 3 is 2.20 bits per heavy atom. The van der Waals surface area contributed by atoms with Crippen molar-refractivity contribution >= 4 is 29.4 Å². The van der Waals surface area contributed by atoms with Crippen molar-refractivity contribution in [1.82, 2.24) is 16.0 Å². The number of fused-ring (bicyclic) bond motifs is 1. The fraction of sp³-hybridized carbons (Fsp3) is 0.429. The number of carboxylic acids is 1. The van der Waals surface area contributed by atoms with E-state index in [4.69, 9.17) is 5.11 Å². The van der Waals surface area contributed by atoms with E-state index >= 15 is 0 Å². The normalized spacial score (nSPS) is 15.6. The van der Waals surface area contributed by atoms with E-state index < -0.39 is 83.8 Å². The maximum Gasteiger partial charge on any atom is 0.335 e. The molecular formula is C28H32F4N4O5. The Morgan fingerprint density at radius 1 is 0.976 bits per heavy atom. The van der Waals surface area contributed by atoms with Crippen LogP contribution in [0.25, 0.3) is 0 Å². The van der Waals surface area contributed by atoms with Gasteiger partial charge in [0, 0.05) is 30.6 Å². The molecule has 3 rings (SSSR count). The third kappa shape index (κ3) is 8.66. The highest BCUT2D eigenvalue weighted by atomic mass is 19.3. The molecule has 3 atom stereocenters. The molecular weight excluding hydrogens is 548 g/mol. The van der Waals surface area contributed by atoms with Gasteiger partial charge in [0.2, 0.25) is 24.1 Å². The fourth-order valence-corrected chi connectivity index (χ4v) is 4.51. The van der Waals surface area contributed by atoms with Gasteiger partial charge < -0.3 is 26.4 Å². The number of nitrogens with one attached hydrogen (secondary N) is 4. The number of benzene rings is 2. The van der Waals surface area contributed by atoms with E-state index in [2.05, 4.69) is 21.3 Å². The smallest absolute Gasteiger partial charge is 0.335 e. The van der Waals surface area contributed by atoms with E-state index in [9.17, 15) is 36.7 Å². The molecule has 0 spiro atoms. The van der Waals surface area contributed by atoms with Gasteiger partial charge in [0.1, 0.15) is 29.8 Å². The summed E-state index contributed by atoms with van der Waals surface area (Å²) in [4.78, 5) is 49.7. The number of carbonyl (C=O) groups is 4. The van der Waals surface area contributed by atoms with Crippen LogP contribution in [0.15, 0.2) is 36.4 Å². The van der Waals surface area contributed by atoms with Crippen LogP contribution >= 0.6 is 0 Å². The summed E-state index contributed by atoms with van der Waals surface area (Å²) in [6.45, 7) is 3.23. The molecule has 13 heteroatoms. The molecule has 3 amide bonds. The number of aromatic carboxylic acids is 1. The van der Waals surface area contributed by atoms with E-state index in [1.165, 1.54) is 0 Å². The lowest BCUT2D eigenvalue weighted by molar-refractivity contribution is -0.133. The van der Waals surface area contributed by atoms with Crippen molar-refractivity contribution in [3.8, 4) is 0 Å². The highest BCUT2D eigenvalue weighted by molar-refractivity contribution is 5.94. The zero-order valence-electron chi connectivity index (χ0n) is 22.5. The second-order valence-electron chi connectivity index (χ2n) is 10.2. The number of hydrogen-bond donors (Lipinski definition) is 5. The second kappa shape index (κ2) is 14.0. The van der Waals surface area contributed by atoms with Crippen LogP contribution in [0.5, 0.6) is 0 Å². The minimum absolute atomic E-state index is 0.0699. The molecule has 0 saturated heterocycles. The number of anilines is 1. The highest BCUT2D eigenvalue weighted by Crippen LogP contribution is 2.25. The van der Waals surface area contributed by atoms with E-state index in [1.54, 1.807) is 13.8 Å². The maximum atomic E-state index is 14.2. The van der Waals surface area contributed by atoms with E-state index in [1.807, 2.05) is 24.3 Å². The first-order chi connectivity index (χ1) is 19.3. The van der Waals surface area contributed by atoms with Gasteiger partial charge in [0.25, 0.3) is 0 Å². The average Bonchev–Trinajstić information content (AvgIpc) is 3.33. The Morgan fingerprint density at radius 2 is 1.61 bits per heavy atom. The van der Waals surface area contributed by atoms with Crippen molar-refractivity contribution in [3.05, 3.63) is 64.7 Å². The fourth-order valence-electron chi connectivity index (χ4n) is 4.51. The molecule has 2 aromatic rings. The van der Waals surface area contributed by atoms with Crippen LogP contribution in [-0.2, 0) is 27.2 Å². The van der Waals surface area contributed by atoms with Gasteiger partial charge >= 0.3 is 5.97 Å². The Labute approximate surface area is 234 Å². The van der Waals surface area contributed by atoms with Gasteiger partial charge in [-0.25, -0.2) is 22.4 Å². The van der Waals surface area contributed by atoms with Gasteiger partial charge in [-0.15, -0.1) is 0 Å². The molecule has 5 N–H and O–H groups in total. The van der Waals surface area contributed by atoms with Crippen molar-refractivity contribution in [3.63, 3.8) is 0 Å².